The summed E-state index contributed by atoms with van der Waals surface area (Å²) in [5, 5.41) is 8.28. The van der Waals surface area contributed by atoms with Crippen molar-refractivity contribution in [3.8, 4) is 0 Å². The van der Waals surface area contributed by atoms with Crippen LogP contribution < -0.4 is 16.0 Å². The Kier molecular flexibility index (Phi) is 13.1. The average Bonchev–Trinajstić information content (AvgIpc) is 3.29. The van der Waals surface area contributed by atoms with Crippen molar-refractivity contribution in [3.05, 3.63) is 47.8 Å². The second kappa shape index (κ2) is 16.0. The van der Waals surface area contributed by atoms with Gasteiger partial charge in [0.1, 0.15) is 11.4 Å². The summed E-state index contributed by atoms with van der Waals surface area (Å²) < 4.78 is 23.8. The third-order valence-electron chi connectivity index (χ3n) is 6.68. The van der Waals surface area contributed by atoms with Gasteiger partial charge in [0.2, 0.25) is 11.8 Å². The molecule has 232 valence electrons. The minimum atomic E-state index is -0.912. The number of Topliss-reactive ketones (excluding diaryl/α,β-unsaturated/α-hetero) is 1. The molecular formula is C31H44FN3O7. The number of esters is 1. The topological polar surface area (TPSA) is 140 Å². The molecule has 0 bridgehead atoms. The molecule has 0 aliphatic carbocycles. The Labute approximate surface area is 247 Å². The first kappa shape index (κ1) is 34.4. The largest absolute Gasteiger partial charge is 0.463 e. The predicted molar refractivity (Wildman–Crippen MR) is 155 cm³/mol. The van der Waals surface area contributed by atoms with Crippen LogP contribution in [0.4, 0.5) is 9.18 Å². The van der Waals surface area contributed by atoms with Crippen molar-refractivity contribution < 1.29 is 37.8 Å². The molecule has 3 amide bonds. The number of hydrogen-bond acceptors (Lipinski definition) is 7. The molecule has 0 radical (unpaired) electrons. The van der Waals surface area contributed by atoms with Crippen LogP contribution in [0, 0.1) is 23.6 Å². The molecule has 1 saturated heterocycles. The molecule has 2 rings (SSSR count). The number of ether oxygens (including phenoxy) is 2. The number of carbonyl (C=O) groups excluding carboxylic acids is 5. The van der Waals surface area contributed by atoms with Crippen LogP contribution in [-0.2, 0) is 35.1 Å². The van der Waals surface area contributed by atoms with Gasteiger partial charge < -0.3 is 25.4 Å². The van der Waals surface area contributed by atoms with E-state index in [0.717, 1.165) is 0 Å². The molecule has 0 saturated carbocycles. The number of amides is 3. The molecule has 4 atom stereocenters. The minimum absolute atomic E-state index is 0.118. The van der Waals surface area contributed by atoms with Gasteiger partial charge >= 0.3 is 12.1 Å². The van der Waals surface area contributed by atoms with E-state index in [2.05, 4.69) is 16.0 Å². The summed E-state index contributed by atoms with van der Waals surface area (Å²) in [6.07, 6.45) is 2.68. The van der Waals surface area contributed by atoms with Crippen molar-refractivity contribution in [1.29, 1.82) is 0 Å². The molecular weight excluding hydrogens is 545 g/mol. The second-order valence-electron chi connectivity index (χ2n) is 11.8. The molecule has 1 aromatic carbocycles. The molecule has 1 aliphatic rings. The minimum Gasteiger partial charge on any atom is -0.463 e. The highest BCUT2D eigenvalue weighted by Crippen LogP contribution is 2.21. The zero-order valence-electron chi connectivity index (χ0n) is 25.3. The standard InChI is InChI=1S/C31H44FN3O7/c1-7-41-26(37)13-12-24(17-21-14-15-33-28(21)38)34-29(39)22(16-20-8-10-23(32)11-9-20)18-25(36)27(19(2)3)35-30(40)42-31(4,5)6/h8-13,19,21-22,24,27H,7,14-18H2,1-6H3,(H,33,38)(H,34,39)(H,35,40)/b13-12+/t21-,22+,24+,27-/m0/s1. The normalized spacial score (nSPS) is 17.3. The van der Waals surface area contributed by atoms with Gasteiger partial charge in [-0.2, -0.15) is 0 Å². The van der Waals surface area contributed by atoms with Crippen molar-refractivity contribution in [1.82, 2.24) is 16.0 Å². The smallest absolute Gasteiger partial charge is 0.408 e. The first-order chi connectivity index (χ1) is 19.7. The average molecular weight is 590 g/mol. The van der Waals surface area contributed by atoms with E-state index < -0.39 is 47.4 Å². The number of benzene rings is 1. The number of nitrogens with one attached hydrogen (secondary N) is 3. The summed E-state index contributed by atoms with van der Waals surface area (Å²) in [5.74, 6) is -3.54. The Morgan fingerprint density at radius 1 is 1.12 bits per heavy atom. The number of carbonyl (C=O) groups is 5. The van der Waals surface area contributed by atoms with E-state index >= 15 is 0 Å². The van der Waals surface area contributed by atoms with Gasteiger partial charge in [-0.15, -0.1) is 0 Å². The molecule has 1 heterocycles. The summed E-state index contributed by atoms with van der Waals surface area (Å²) in [6.45, 7) is 11.1. The van der Waals surface area contributed by atoms with Gasteiger partial charge in [0.25, 0.3) is 0 Å². The quantitative estimate of drug-likeness (QED) is 0.222. The summed E-state index contributed by atoms with van der Waals surface area (Å²) in [4.78, 5) is 63.9. The predicted octanol–water partition coefficient (Wildman–Crippen LogP) is 3.62. The fourth-order valence-corrected chi connectivity index (χ4v) is 4.63. The van der Waals surface area contributed by atoms with Crippen LogP contribution in [0.15, 0.2) is 36.4 Å². The van der Waals surface area contributed by atoms with Gasteiger partial charge in [0.05, 0.1) is 12.6 Å². The van der Waals surface area contributed by atoms with E-state index in [9.17, 15) is 28.4 Å². The van der Waals surface area contributed by atoms with Gasteiger partial charge in [-0.3, -0.25) is 14.4 Å². The lowest BCUT2D eigenvalue weighted by Crippen LogP contribution is -2.48. The zero-order chi connectivity index (χ0) is 31.4. The van der Waals surface area contributed by atoms with Crippen LogP contribution in [0.25, 0.3) is 0 Å². The third kappa shape index (κ3) is 12.0. The Morgan fingerprint density at radius 2 is 1.79 bits per heavy atom. The number of ketones is 1. The fraction of sp³-hybridized carbons (Fsp3) is 0.581. The molecule has 1 aliphatic heterocycles. The van der Waals surface area contributed by atoms with E-state index in [4.69, 9.17) is 9.47 Å². The Morgan fingerprint density at radius 3 is 2.33 bits per heavy atom. The number of halogens is 1. The Balaban J connectivity index is 2.29. The van der Waals surface area contributed by atoms with Crippen LogP contribution in [0.5, 0.6) is 0 Å². The van der Waals surface area contributed by atoms with Gasteiger partial charge in [-0.1, -0.05) is 32.1 Å². The lowest BCUT2D eigenvalue weighted by Gasteiger charge is -2.27. The molecule has 42 heavy (non-hydrogen) atoms. The van der Waals surface area contributed by atoms with Crippen molar-refractivity contribution in [3.63, 3.8) is 0 Å². The van der Waals surface area contributed by atoms with E-state index in [1.165, 1.54) is 24.3 Å². The summed E-state index contributed by atoms with van der Waals surface area (Å²) in [7, 11) is 0. The summed E-state index contributed by atoms with van der Waals surface area (Å²) in [5.41, 5.74) is -0.124. The molecule has 10 nitrogen and oxygen atoms in total. The number of hydrogen-bond donors (Lipinski definition) is 3. The lowest BCUT2D eigenvalue weighted by molar-refractivity contribution is -0.137. The molecule has 0 unspecified atom stereocenters. The van der Waals surface area contributed by atoms with Crippen molar-refractivity contribution in [2.75, 3.05) is 13.2 Å². The fourth-order valence-electron chi connectivity index (χ4n) is 4.63. The maximum Gasteiger partial charge on any atom is 0.408 e. The highest BCUT2D eigenvalue weighted by molar-refractivity contribution is 5.92. The van der Waals surface area contributed by atoms with Gasteiger partial charge in [-0.05, 0) is 70.6 Å². The van der Waals surface area contributed by atoms with Crippen LogP contribution >= 0.6 is 0 Å². The first-order valence-corrected chi connectivity index (χ1v) is 14.4. The number of rotatable bonds is 14. The van der Waals surface area contributed by atoms with Gasteiger partial charge in [0, 0.05) is 36.9 Å². The lowest BCUT2D eigenvalue weighted by atomic mass is 9.88. The molecule has 3 N–H and O–H groups in total. The molecule has 1 fully saturated rings. The van der Waals surface area contributed by atoms with E-state index in [1.807, 2.05) is 0 Å². The van der Waals surface area contributed by atoms with E-state index in [-0.39, 0.29) is 49.4 Å². The maximum atomic E-state index is 13.7. The zero-order valence-corrected chi connectivity index (χ0v) is 25.3. The summed E-state index contributed by atoms with van der Waals surface area (Å²) in [6, 6.07) is 4.03. The number of alkyl carbamates (subject to hydrolysis) is 1. The molecule has 0 aromatic heterocycles. The molecule has 0 spiro atoms. The van der Waals surface area contributed by atoms with Crippen LogP contribution in [0.1, 0.15) is 66.4 Å². The van der Waals surface area contributed by atoms with Crippen LogP contribution in [-0.4, -0.2) is 60.5 Å². The maximum absolute atomic E-state index is 13.7. The first-order valence-electron chi connectivity index (χ1n) is 14.4. The van der Waals surface area contributed by atoms with Gasteiger partial charge in [-0.25, -0.2) is 14.0 Å². The molecule has 11 heteroatoms. The highest BCUT2D eigenvalue weighted by atomic mass is 19.1. The SMILES string of the molecule is CCOC(=O)/C=C/[C@H](C[C@@H]1CCNC1=O)NC(=O)[C@@H](CC(=O)[C@@H](NC(=O)OC(C)(C)C)C(C)C)Cc1ccc(F)cc1. The van der Waals surface area contributed by atoms with Crippen LogP contribution in [0.2, 0.25) is 0 Å². The monoisotopic (exact) mass is 589 g/mol. The third-order valence-corrected chi connectivity index (χ3v) is 6.68. The van der Waals surface area contributed by atoms with Crippen molar-refractivity contribution >= 4 is 29.7 Å². The highest BCUT2D eigenvalue weighted by Gasteiger charge is 2.33. The summed E-state index contributed by atoms with van der Waals surface area (Å²) >= 11 is 0. The van der Waals surface area contributed by atoms with Crippen molar-refractivity contribution in [2.45, 2.75) is 84.9 Å². The van der Waals surface area contributed by atoms with Gasteiger partial charge in [0.15, 0.2) is 5.78 Å². The molecule has 1 aromatic rings. The Hall–Kier alpha value is -3.76. The van der Waals surface area contributed by atoms with E-state index in [0.29, 0.717) is 18.5 Å². The van der Waals surface area contributed by atoms with E-state index in [1.54, 1.807) is 53.7 Å². The van der Waals surface area contributed by atoms with Crippen molar-refractivity contribution in [2.24, 2.45) is 17.8 Å². The Bertz CT molecular complexity index is 1130. The van der Waals surface area contributed by atoms with Crippen LogP contribution in [0.3, 0.4) is 0 Å². The second-order valence-corrected chi connectivity index (χ2v) is 11.8.